The second-order valence-electron chi connectivity index (χ2n) is 7.41. The van der Waals surface area contributed by atoms with Crippen molar-refractivity contribution in [2.24, 2.45) is 10.7 Å². The molecule has 0 aliphatic carbocycles. The Kier molecular flexibility index (Phi) is 14.8. The first kappa shape index (κ1) is 22.2. The molecule has 1 aliphatic rings. The maximum Gasteiger partial charge on any atom is 0.0990 e. The zero-order valence-electron chi connectivity index (χ0n) is 16.9. The van der Waals surface area contributed by atoms with Crippen molar-refractivity contribution in [2.45, 2.75) is 96.8 Å². The minimum Gasteiger partial charge on any atom is -0.357 e. The average Bonchev–Trinajstić information content (AvgIpc) is 3.06. The van der Waals surface area contributed by atoms with Crippen LogP contribution in [0.4, 0.5) is 0 Å². The lowest BCUT2D eigenvalue weighted by Gasteiger charge is -2.18. The van der Waals surface area contributed by atoms with E-state index in [0.29, 0.717) is 0 Å². The highest BCUT2D eigenvalue weighted by molar-refractivity contribution is 5.83. The molecule has 0 aromatic heterocycles. The fraction of sp³-hybridized carbons (Fsp3) is 0.864. The smallest absolute Gasteiger partial charge is 0.0990 e. The normalized spacial score (nSPS) is 14.6. The van der Waals surface area contributed by atoms with Crippen LogP contribution in [0.15, 0.2) is 17.1 Å². The quantitative estimate of drug-likeness (QED) is 0.270. The van der Waals surface area contributed by atoms with Gasteiger partial charge in [-0.1, -0.05) is 76.9 Å². The van der Waals surface area contributed by atoms with Crippen molar-refractivity contribution in [3.63, 3.8) is 0 Å². The standard InChI is InChI=1S/C22H43N3/c1-2-3-4-5-6-7-8-9-10-11-12-13-14-15-16-17-22-24-19-21-25(22)20-18-23/h13-14H,2-12,15-21,23H2,1H3/b14-13+. The van der Waals surface area contributed by atoms with Gasteiger partial charge in [0.2, 0.25) is 0 Å². The molecule has 3 nitrogen and oxygen atoms in total. The number of allylic oxidation sites excluding steroid dienone is 2. The van der Waals surface area contributed by atoms with E-state index in [1.165, 1.54) is 89.3 Å². The zero-order valence-corrected chi connectivity index (χ0v) is 16.9. The van der Waals surface area contributed by atoms with Crippen molar-refractivity contribution in [3.8, 4) is 0 Å². The van der Waals surface area contributed by atoms with E-state index >= 15 is 0 Å². The van der Waals surface area contributed by atoms with Crippen LogP contribution in [-0.2, 0) is 0 Å². The number of amidine groups is 1. The second kappa shape index (κ2) is 16.6. The summed E-state index contributed by atoms with van der Waals surface area (Å²) in [6, 6.07) is 0. The van der Waals surface area contributed by atoms with Crippen LogP contribution in [0.2, 0.25) is 0 Å². The van der Waals surface area contributed by atoms with E-state index in [0.717, 1.165) is 32.6 Å². The Labute approximate surface area is 157 Å². The average molecular weight is 350 g/mol. The van der Waals surface area contributed by atoms with Gasteiger partial charge in [0.15, 0.2) is 0 Å². The molecule has 0 saturated heterocycles. The summed E-state index contributed by atoms with van der Waals surface area (Å²) in [7, 11) is 0. The zero-order chi connectivity index (χ0) is 18.0. The van der Waals surface area contributed by atoms with E-state index in [1.807, 2.05) is 0 Å². The minimum absolute atomic E-state index is 0.734. The van der Waals surface area contributed by atoms with Gasteiger partial charge in [0.05, 0.1) is 12.4 Å². The molecule has 0 unspecified atom stereocenters. The summed E-state index contributed by atoms with van der Waals surface area (Å²) in [5, 5.41) is 0. The van der Waals surface area contributed by atoms with Gasteiger partial charge >= 0.3 is 0 Å². The first-order valence-corrected chi connectivity index (χ1v) is 11.0. The Bertz CT molecular complexity index is 349. The van der Waals surface area contributed by atoms with Crippen LogP contribution in [0.5, 0.6) is 0 Å². The molecule has 0 atom stereocenters. The third-order valence-corrected chi connectivity index (χ3v) is 5.09. The van der Waals surface area contributed by atoms with E-state index in [4.69, 9.17) is 5.73 Å². The van der Waals surface area contributed by atoms with Crippen LogP contribution >= 0.6 is 0 Å². The van der Waals surface area contributed by atoms with Crippen molar-refractivity contribution in [2.75, 3.05) is 26.2 Å². The maximum atomic E-state index is 5.65. The van der Waals surface area contributed by atoms with Gasteiger partial charge in [0.1, 0.15) is 0 Å². The summed E-state index contributed by atoms with van der Waals surface area (Å²) < 4.78 is 0. The molecule has 0 radical (unpaired) electrons. The van der Waals surface area contributed by atoms with Crippen molar-refractivity contribution in [3.05, 3.63) is 12.2 Å². The molecule has 146 valence electrons. The van der Waals surface area contributed by atoms with Gasteiger partial charge in [-0.2, -0.15) is 0 Å². The van der Waals surface area contributed by atoms with E-state index in [2.05, 4.69) is 29.0 Å². The minimum atomic E-state index is 0.734. The third kappa shape index (κ3) is 12.2. The highest BCUT2D eigenvalue weighted by Gasteiger charge is 2.14. The number of hydrogen-bond donors (Lipinski definition) is 1. The summed E-state index contributed by atoms with van der Waals surface area (Å²) in [5.41, 5.74) is 5.65. The maximum absolute atomic E-state index is 5.65. The molecule has 1 heterocycles. The molecule has 3 heteroatoms. The monoisotopic (exact) mass is 349 g/mol. The number of aliphatic imine (C=N–C) groups is 1. The van der Waals surface area contributed by atoms with Gasteiger partial charge in [-0.05, 0) is 25.7 Å². The topological polar surface area (TPSA) is 41.6 Å². The summed E-state index contributed by atoms with van der Waals surface area (Å²) >= 11 is 0. The molecule has 1 aliphatic heterocycles. The predicted octanol–water partition coefficient (Wildman–Crippen LogP) is 5.70. The Morgan fingerprint density at radius 1 is 0.880 bits per heavy atom. The molecule has 2 N–H and O–H groups in total. The van der Waals surface area contributed by atoms with Crippen LogP contribution in [0, 0.1) is 0 Å². The van der Waals surface area contributed by atoms with Crippen molar-refractivity contribution < 1.29 is 0 Å². The van der Waals surface area contributed by atoms with E-state index < -0.39 is 0 Å². The lowest BCUT2D eigenvalue weighted by atomic mass is 10.1. The van der Waals surface area contributed by atoms with Gasteiger partial charge in [-0.25, -0.2) is 0 Å². The summed E-state index contributed by atoms with van der Waals surface area (Å²) in [4.78, 5) is 6.96. The number of rotatable bonds is 17. The number of nitrogens with zero attached hydrogens (tertiary/aromatic N) is 2. The Balaban J connectivity index is 1.83. The van der Waals surface area contributed by atoms with Gasteiger partial charge in [0.25, 0.3) is 0 Å². The van der Waals surface area contributed by atoms with E-state index in [9.17, 15) is 0 Å². The molecule has 0 bridgehead atoms. The van der Waals surface area contributed by atoms with Crippen LogP contribution in [0.3, 0.4) is 0 Å². The Hall–Kier alpha value is -0.830. The molecule has 0 amide bonds. The fourth-order valence-corrected chi connectivity index (χ4v) is 3.53. The van der Waals surface area contributed by atoms with Gasteiger partial charge in [0, 0.05) is 26.1 Å². The summed E-state index contributed by atoms with van der Waals surface area (Å²) in [6.07, 6.45) is 23.8. The molecule has 0 fully saturated rings. The Morgan fingerprint density at radius 3 is 2.12 bits per heavy atom. The molecule has 25 heavy (non-hydrogen) atoms. The molecular weight excluding hydrogens is 306 g/mol. The largest absolute Gasteiger partial charge is 0.357 e. The van der Waals surface area contributed by atoms with Crippen molar-refractivity contribution in [1.82, 2.24) is 4.90 Å². The van der Waals surface area contributed by atoms with Gasteiger partial charge < -0.3 is 10.6 Å². The van der Waals surface area contributed by atoms with Crippen molar-refractivity contribution in [1.29, 1.82) is 0 Å². The second-order valence-corrected chi connectivity index (χ2v) is 7.41. The SMILES string of the molecule is CCCCCCCCCCCC/C=C/CCCC1=NCCN1CCN. The van der Waals surface area contributed by atoms with Gasteiger partial charge in [-0.3, -0.25) is 4.99 Å². The predicted molar refractivity (Wildman–Crippen MR) is 112 cm³/mol. The molecule has 0 spiro atoms. The van der Waals surface area contributed by atoms with Gasteiger partial charge in [-0.15, -0.1) is 0 Å². The summed E-state index contributed by atoms with van der Waals surface area (Å²) in [6.45, 7) is 6.02. The number of hydrogen-bond acceptors (Lipinski definition) is 3. The van der Waals surface area contributed by atoms with E-state index in [-0.39, 0.29) is 0 Å². The highest BCUT2D eigenvalue weighted by atomic mass is 15.2. The first-order valence-electron chi connectivity index (χ1n) is 11.0. The van der Waals surface area contributed by atoms with Crippen LogP contribution in [0.1, 0.15) is 96.8 Å². The van der Waals surface area contributed by atoms with E-state index in [1.54, 1.807) is 0 Å². The first-order chi connectivity index (χ1) is 12.4. The molecule has 0 aromatic rings. The van der Waals surface area contributed by atoms with Crippen LogP contribution in [-0.4, -0.2) is 36.9 Å². The molecule has 0 saturated carbocycles. The van der Waals surface area contributed by atoms with Crippen molar-refractivity contribution >= 4 is 5.84 Å². The summed E-state index contributed by atoms with van der Waals surface area (Å²) in [5.74, 6) is 1.29. The number of nitrogens with two attached hydrogens (primary N) is 1. The Morgan fingerprint density at radius 2 is 1.48 bits per heavy atom. The lowest BCUT2D eigenvalue weighted by Crippen LogP contribution is -2.32. The third-order valence-electron chi connectivity index (χ3n) is 5.09. The van der Waals surface area contributed by atoms with Crippen LogP contribution in [0.25, 0.3) is 0 Å². The molecule has 1 rings (SSSR count). The lowest BCUT2D eigenvalue weighted by molar-refractivity contribution is 0.458. The van der Waals surface area contributed by atoms with Crippen LogP contribution < -0.4 is 5.73 Å². The molecule has 0 aromatic carbocycles. The highest BCUT2D eigenvalue weighted by Crippen LogP contribution is 2.12. The number of unbranched alkanes of at least 4 members (excludes halogenated alkanes) is 11. The fourth-order valence-electron chi connectivity index (χ4n) is 3.53. The molecular formula is C22H43N3.